The number of rotatable bonds is 3. The molecule has 0 fully saturated rings. The minimum atomic E-state index is 0.107. The molecule has 106 valence electrons. The quantitative estimate of drug-likeness (QED) is 0.783. The van der Waals surface area contributed by atoms with Crippen LogP contribution in [-0.4, -0.2) is 5.78 Å². The maximum absolute atomic E-state index is 12.9. The van der Waals surface area contributed by atoms with Crippen LogP contribution < -0.4 is 0 Å². The Morgan fingerprint density at radius 1 is 0.857 bits per heavy atom. The van der Waals surface area contributed by atoms with E-state index in [2.05, 4.69) is 26.0 Å². The maximum Gasteiger partial charge on any atom is 0.167 e. The van der Waals surface area contributed by atoms with E-state index in [0.29, 0.717) is 11.7 Å². The first-order chi connectivity index (χ1) is 10.2. The summed E-state index contributed by atoms with van der Waals surface area (Å²) >= 11 is 0. The van der Waals surface area contributed by atoms with Crippen molar-refractivity contribution in [2.24, 2.45) is 11.8 Å². The highest BCUT2D eigenvalue weighted by molar-refractivity contribution is 6.32. The van der Waals surface area contributed by atoms with Crippen LogP contribution in [0.1, 0.15) is 31.4 Å². The summed E-state index contributed by atoms with van der Waals surface area (Å²) < 4.78 is 0. The largest absolute Gasteiger partial charge is 0.294 e. The normalized spacial score (nSPS) is 18.6. The van der Waals surface area contributed by atoms with Crippen molar-refractivity contribution in [3.05, 3.63) is 71.8 Å². The topological polar surface area (TPSA) is 17.1 Å². The van der Waals surface area contributed by atoms with Gasteiger partial charge in [-0.2, -0.15) is 0 Å². The van der Waals surface area contributed by atoms with Gasteiger partial charge in [0.2, 0.25) is 0 Å². The van der Waals surface area contributed by atoms with Crippen LogP contribution in [0.2, 0.25) is 0 Å². The number of ketones is 1. The average molecular weight is 276 g/mol. The summed E-state index contributed by atoms with van der Waals surface area (Å²) in [6.45, 7) is 4.28. The van der Waals surface area contributed by atoms with Crippen molar-refractivity contribution in [2.45, 2.75) is 20.3 Å². The fourth-order valence-electron chi connectivity index (χ4n) is 3.11. The van der Waals surface area contributed by atoms with E-state index in [4.69, 9.17) is 0 Å². The van der Waals surface area contributed by atoms with Gasteiger partial charge in [0.15, 0.2) is 5.78 Å². The number of hydrogen-bond acceptors (Lipinski definition) is 1. The third kappa shape index (κ3) is 2.56. The maximum atomic E-state index is 12.9. The van der Waals surface area contributed by atoms with Crippen LogP contribution in [0.3, 0.4) is 0 Å². The molecule has 1 nitrogen and oxygen atoms in total. The fraction of sp³-hybridized carbons (Fsp3) is 0.250. The Balaban J connectivity index is 2.14. The Hall–Kier alpha value is -2.15. The summed E-state index contributed by atoms with van der Waals surface area (Å²) in [6.07, 6.45) is 0.852. The number of allylic oxidation sites excluding steroid dienone is 2. The van der Waals surface area contributed by atoms with Crippen molar-refractivity contribution >= 4 is 16.9 Å². The molecule has 0 aliphatic heterocycles. The molecule has 0 spiro atoms. The van der Waals surface area contributed by atoms with Crippen LogP contribution in [-0.2, 0) is 4.79 Å². The molecule has 0 bridgehead atoms. The second-order valence-electron chi connectivity index (χ2n) is 6.00. The molecule has 3 rings (SSSR count). The second kappa shape index (κ2) is 5.69. The van der Waals surface area contributed by atoms with Gasteiger partial charge in [0.1, 0.15) is 0 Å². The van der Waals surface area contributed by atoms with E-state index in [1.54, 1.807) is 0 Å². The first-order valence-electron chi connectivity index (χ1n) is 7.56. The van der Waals surface area contributed by atoms with Gasteiger partial charge in [-0.3, -0.25) is 4.79 Å². The summed E-state index contributed by atoms with van der Waals surface area (Å²) in [4.78, 5) is 12.9. The van der Waals surface area contributed by atoms with Gasteiger partial charge in [0.05, 0.1) is 0 Å². The van der Waals surface area contributed by atoms with Crippen LogP contribution in [0.25, 0.3) is 11.1 Å². The molecule has 1 heteroatoms. The molecule has 2 aromatic carbocycles. The predicted molar refractivity (Wildman–Crippen MR) is 87.7 cm³/mol. The molecule has 21 heavy (non-hydrogen) atoms. The van der Waals surface area contributed by atoms with E-state index >= 15 is 0 Å². The lowest BCUT2D eigenvalue weighted by Gasteiger charge is -2.13. The molecule has 0 saturated carbocycles. The third-order valence-electron chi connectivity index (χ3n) is 4.30. The van der Waals surface area contributed by atoms with Crippen LogP contribution >= 0.6 is 0 Å². The Labute approximate surface area is 126 Å². The van der Waals surface area contributed by atoms with Crippen molar-refractivity contribution in [1.82, 2.24) is 0 Å². The van der Waals surface area contributed by atoms with Crippen LogP contribution in [0, 0.1) is 11.8 Å². The van der Waals surface area contributed by atoms with Crippen LogP contribution in [0.4, 0.5) is 0 Å². The van der Waals surface area contributed by atoms with Gasteiger partial charge in [0.25, 0.3) is 0 Å². The Morgan fingerprint density at radius 3 is 1.90 bits per heavy atom. The van der Waals surface area contributed by atoms with E-state index in [-0.39, 0.29) is 5.92 Å². The number of hydrogen-bond donors (Lipinski definition) is 0. The standard InChI is InChI=1S/C20H20O/c1-14(2)17-13-18(15-9-5-3-6-10-15)19(20(17)21)16-11-7-4-8-12-16/h3-12,14,17H,13H2,1-2H3. The third-order valence-corrected chi connectivity index (χ3v) is 4.30. The first kappa shape index (κ1) is 13.8. The molecule has 0 radical (unpaired) electrons. The highest BCUT2D eigenvalue weighted by Crippen LogP contribution is 2.43. The molecule has 1 aliphatic rings. The second-order valence-corrected chi connectivity index (χ2v) is 6.00. The van der Waals surface area contributed by atoms with Crippen molar-refractivity contribution < 1.29 is 4.79 Å². The zero-order valence-electron chi connectivity index (χ0n) is 12.5. The lowest BCUT2D eigenvalue weighted by atomic mass is 9.90. The Bertz CT molecular complexity index is 665. The van der Waals surface area contributed by atoms with Gasteiger partial charge in [-0.25, -0.2) is 0 Å². The van der Waals surface area contributed by atoms with Gasteiger partial charge in [-0.15, -0.1) is 0 Å². The molecule has 0 saturated heterocycles. The highest BCUT2D eigenvalue weighted by atomic mass is 16.1. The number of carbonyl (C=O) groups is 1. The molecule has 2 aromatic rings. The summed E-state index contributed by atoms with van der Waals surface area (Å²) in [7, 11) is 0. The van der Waals surface area contributed by atoms with E-state index in [1.807, 2.05) is 48.5 Å². The minimum absolute atomic E-state index is 0.107. The van der Waals surface area contributed by atoms with E-state index in [1.165, 1.54) is 11.1 Å². The minimum Gasteiger partial charge on any atom is -0.294 e. The number of Topliss-reactive ketones (excluding diaryl/α,β-unsaturated/α-hetero) is 1. The van der Waals surface area contributed by atoms with Crippen LogP contribution in [0.15, 0.2) is 60.7 Å². The highest BCUT2D eigenvalue weighted by Gasteiger charge is 2.35. The zero-order chi connectivity index (χ0) is 14.8. The van der Waals surface area contributed by atoms with E-state index in [9.17, 15) is 4.79 Å². The Morgan fingerprint density at radius 2 is 1.38 bits per heavy atom. The van der Waals surface area contributed by atoms with Gasteiger partial charge < -0.3 is 0 Å². The summed E-state index contributed by atoms with van der Waals surface area (Å²) in [5, 5.41) is 0. The van der Waals surface area contributed by atoms with Crippen molar-refractivity contribution in [2.75, 3.05) is 0 Å². The summed E-state index contributed by atoms with van der Waals surface area (Å²) in [5.74, 6) is 0.780. The average Bonchev–Trinajstić information content (AvgIpc) is 2.87. The van der Waals surface area contributed by atoms with Gasteiger partial charge in [-0.1, -0.05) is 74.5 Å². The van der Waals surface area contributed by atoms with Crippen molar-refractivity contribution in [3.8, 4) is 0 Å². The first-order valence-corrected chi connectivity index (χ1v) is 7.56. The lowest BCUT2D eigenvalue weighted by molar-refractivity contribution is -0.117. The molecule has 1 unspecified atom stereocenters. The number of benzene rings is 2. The molecule has 1 aliphatic carbocycles. The zero-order valence-corrected chi connectivity index (χ0v) is 12.5. The predicted octanol–water partition coefficient (Wildman–Crippen LogP) is 4.84. The lowest BCUT2D eigenvalue weighted by Crippen LogP contribution is -2.15. The van der Waals surface area contributed by atoms with E-state index < -0.39 is 0 Å². The van der Waals surface area contributed by atoms with Gasteiger partial charge >= 0.3 is 0 Å². The monoisotopic (exact) mass is 276 g/mol. The number of carbonyl (C=O) groups excluding carboxylic acids is 1. The molecule has 0 N–H and O–H groups in total. The molecular weight excluding hydrogens is 256 g/mol. The molecule has 0 amide bonds. The molecular formula is C20H20O. The Kier molecular flexibility index (Phi) is 3.74. The smallest absolute Gasteiger partial charge is 0.167 e. The molecule has 0 heterocycles. The van der Waals surface area contributed by atoms with Gasteiger partial charge in [0, 0.05) is 11.5 Å². The molecule has 0 aromatic heterocycles. The SMILES string of the molecule is CC(C)C1CC(c2ccccc2)=C(c2ccccc2)C1=O. The van der Waals surface area contributed by atoms with Gasteiger partial charge in [-0.05, 0) is 29.0 Å². The summed E-state index contributed by atoms with van der Waals surface area (Å²) in [5.41, 5.74) is 4.34. The molecule has 1 atom stereocenters. The fourth-order valence-corrected chi connectivity index (χ4v) is 3.11. The van der Waals surface area contributed by atoms with Crippen LogP contribution in [0.5, 0.6) is 0 Å². The van der Waals surface area contributed by atoms with Crippen molar-refractivity contribution in [3.63, 3.8) is 0 Å². The summed E-state index contributed by atoms with van der Waals surface area (Å²) in [6, 6.07) is 20.4. The van der Waals surface area contributed by atoms with E-state index in [0.717, 1.165) is 17.6 Å². The van der Waals surface area contributed by atoms with Crippen molar-refractivity contribution in [1.29, 1.82) is 0 Å².